The Balaban J connectivity index is 0.000000262. The molecule has 0 aromatic heterocycles. The van der Waals surface area contributed by atoms with E-state index in [9.17, 15) is 8.42 Å². The van der Waals surface area contributed by atoms with Crippen molar-refractivity contribution in [2.24, 2.45) is 0 Å². The van der Waals surface area contributed by atoms with Crippen molar-refractivity contribution in [3.8, 4) is 0 Å². The van der Waals surface area contributed by atoms with Crippen LogP contribution in [0.15, 0.2) is 30.3 Å². The lowest BCUT2D eigenvalue weighted by atomic mass is 10.2. The van der Waals surface area contributed by atoms with E-state index in [1.165, 1.54) is 5.56 Å². The molecule has 15 heavy (non-hydrogen) atoms. The Labute approximate surface area is 86.4 Å². The summed E-state index contributed by atoms with van der Waals surface area (Å²) in [5.41, 5.74) is 1.32. The number of rotatable bonds is 2. The van der Waals surface area contributed by atoms with Crippen LogP contribution < -0.4 is 0 Å². The minimum Gasteiger partial charge on any atom is -0.265 e. The van der Waals surface area contributed by atoms with Gasteiger partial charge < -0.3 is 0 Å². The lowest BCUT2D eigenvalue weighted by molar-refractivity contribution is -0.713. The largest absolute Gasteiger partial charge is 0.429 e. The Morgan fingerprint density at radius 2 is 1.80 bits per heavy atom. The van der Waals surface area contributed by atoms with Gasteiger partial charge in [-0.2, -0.15) is 12.7 Å². The topological polar surface area (TPSA) is 107 Å². The molecule has 1 N–H and O–H groups in total. The van der Waals surface area contributed by atoms with Gasteiger partial charge in [0.05, 0.1) is 0 Å². The van der Waals surface area contributed by atoms with E-state index in [0.717, 1.165) is 0 Å². The van der Waals surface area contributed by atoms with E-state index in [0.29, 0.717) is 0 Å². The Kier molecular flexibility index (Phi) is 5.27. The summed E-state index contributed by atoms with van der Waals surface area (Å²) in [5, 5.41) is 7.43. The molecule has 0 amide bonds. The molecule has 0 radical (unpaired) electrons. The van der Waals surface area contributed by atoms with Crippen molar-refractivity contribution < 1.29 is 22.3 Å². The van der Waals surface area contributed by atoms with Crippen LogP contribution in [0.3, 0.4) is 0 Å². The van der Waals surface area contributed by atoms with Crippen LogP contribution in [0.2, 0.25) is 0 Å². The second-order valence-corrected chi connectivity index (χ2v) is 3.39. The average molecular weight is 235 g/mol. The maximum Gasteiger partial charge on any atom is 0.429 e. The van der Waals surface area contributed by atoms with Crippen LogP contribution >= 0.6 is 0 Å². The molecule has 0 aliphatic heterocycles. The third kappa shape index (κ3) is 10.2. The van der Waals surface area contributed by atoms with Crippen LogP contribution in [0, 0.1) is 17.0 Å². The lowest BCUT2D eigenvalue weighted by Gasteiger charge is -1.86. The highest BCUT2D eigenvalue weighted by atomic mass is 32.3. The van der Waals surface area contributed by atoms with Gasteiger partial charge in [-0.15, -0.1) is 10.1 Å². The fraction of sp³-hybridized carbons (Fsp3) is 0.143. The second-order valence-electron chi connectivity index (χ2n) is 2.38. The molecule has 1 aromatic carbocycles. The van der Waals surface area contributed by atoms with E-state index in [1.54, 1.807) is 0 Å². The van der Waals surface area contributed by atoms with Gasteiger partial charge in [-0.25, -0.2) is 0 Å². The molecule has 0 fully saturated rings. The van der Waals surface area contributed by atoms with Gasteiger partial charge in [-0.3, -0.25) is 4.55 Å². The molecule has 0 saturated carbocycles. The van der Waals surface area contributed by atoms with Gasteiger partial charge >= 0.3 is 15.5 Å². The number of nitrogens with zero attached hydrogens (tertiary/aromatic N) is 1. The molecule has 7 nitrogen and oxygen atoms in total. The molecule has 1 aromatic rings. The maximum absolute atomic E-state index is 9.33. The highest BCUT2D eigenvalue weighted by Gasteiger charge is 2.08. The Morgan fingerprint density at radius 1 is 1.33 bits per heavy atom. The second kappa shape index (κ2) is 5.94. The van der Waals surface area contributed by atoms with Crippen LogP contribution in [0.5, 0.6) is 0 Å². The van der Waals surface area contributed by atoms with Crippen molar-refractivity contribution in [2.75, 3.05) is 0 Å². The molecule has 84 valence electrons. The standard InChI is InChI=1S/C7H8.HNO6S/c1-7-5-3-2-4-6-7;2-1(3)7-8(4,5)6/h2-6H,1H3;(H,4,5,6). The molecular formula is C7H9NO6S. The fourth-order valence-corrected chi connectivity index (χ4v) is 0.765. The number of benzene rings is 1. The lowest BCUT2D eigenvalue weighted by Crippen LogP contribution is -2.08. The Bertz CT molecular complexity index is 401. The summed E-state index contributed by atoms with van der Waals surface area (Å²) >= 11 is 0. The average Bonchev–Trinajstić information content (AvgIpc) is 2.01. The van der Waals surface area contributed by atoms with Gasteiger partial charge in [-0.1, -0.05) is 35.9 Å². The summed E-state index contributed by atoms with van der Waals surface area (Å²) in [5.74, 6) is 0. The zero-order valence-corrected chi connectivity index (χ0v) is 8.55. The van der Waals surface area contributed by atoms with E-state index in [-0.39, 0.29) is 0 Å². The quantitative estimate of drug-likeness (QED) is 0.465. The van der Waals surface area contributed by atoms with Crippen molar-refractivity contribution in [1.82, 2.24) is 0 Å². The molecule has 0 aliphatic rings. The molecule has 8 heteroatoms. The highest BCUT2D eigenvalue weighted by Crippen LogP contribution is 1.92. The first kappa shape index (κ1) is 13.3. The first-order chi connectivity index (χ1) is 6.81. The molecular weight excluding hydrogens is 226 g/mol. The van der Waals surface area contributed by atoms with E-state index in [4.69, 9.17) is 14.7 Å². The first-order valence-corrected chi connectivity index (χ1v) is 5.01. The molecule has 0 saturated heterocycles. The summed E-state index contributed by atoms with van der Waals surface area (Å²) in [4.78, 5) is 9.06. The smallest absolute Gasteiger partial charge is 0.265 e. The van der Waals surface area contributed by atoms with Crippen LogP contribution in [0.4, 0.5) is 0 Å². The first-order valence-electron chi connectivity index (χ1n) is 3.64. The van der Waals surface area contributed by atoms with Crippen molar-refractivity contribution in [3.05, 3.63) is 46.0 Å². The van der Waals surface area contributed by atoms with Gasteiger partial charge in [-0.05, 0) is 6.92 Å². The number of hydrogen-bond acceptors (Lipinski definition) is 5. The molecule has 0 heterocycles. The highest BCUT2D eigenvalue weighted by molar-refractivity contribution is 7.80. The van der Waals surface area contributed by atoms with E-state index >= 15 is 0 Å². The number of aryl methyl sites for hydroxylation is 1. The zero-order chi connectivity index (χ0) is 11.9. The third-order valence-corrected chi connectivity index (χ3v) is 1.41. The van der Waals surface area contributed by atoms with Crippen molar-refractivity contribution in [3.63, 3.8) is 0 Å². The summed E-state index contributed by atoms with van der Waals surface area (Å²) in [6.07, 6.45) is 0. The minimum absolute atomic E-state index is 1.32. The molecule has 0 bridgehead atoms. The molecule has 0 unspecified atom stereocenters. The van der Waals surface area contributed by atoms with E-state index in [1.807, 2.05) is 18.2 Å². The minimum atomic E-state index is -4.92. The molecule has 0 spiro atoms. The normalized spacial score (nSPS) is 9.73. The molecule has 1 rings (SSSR count). The number of hydrogen-bond donors (Lipinski definition) is 1. The van der Waals surface area contributed by atoms with Crippen LogP contribution in [-0.2, 0) is 14.7 Å². The predicted octanol–water partition coefficient (Wildman–Crippen LogP) is 0.993. The Morgan fingerprint density at radius 3 is 1.93 bits per heavy atom. The van der Waals surface area contributed by atoms with Crippen LogP contribution in [0.1, 0.15) is 5.56 Å². The van der Waals surface area contributed by atoms with Gasteiger partial charge in [0.2, 0.25) is 0 Å². The summed E-state index contributed by atoms with van der Waals surface area (Å²) < 4.78 is 28.9. The van der Waals surface area contributed by atoms with E-state index in [2.05, 4.69) is 23.3 Å². The Hall–Kier alpha value is -1.67. The summed E-state index contributed by atoms with van der Waals surface area (Å²) in [6.45, 7) is 2.08. The van der Waals surface area contributed by atoms with Crippen LogP contribution in [0.25, 0.3) is 0 Å². The molecule has 0 aliphatic carbocycles. The van der Waals surface area contributed by atoms with Gasteiger partial charge in [0.25, 0.3) is 0 Å². The predicted molar refractivity (Wildman–Crippen MR) is 50.8 cm³/mol. The van der Waals surface area contributed by atoms with Gasteiger partial charge in [0.15, 0.2) is 0 Å². The zero-order valence-electron chi connectivity index (χ0n) is 7.73. The SMILES string of the molecule is Cc1ccccc1.O=[N+]([O-])OS(=O)(=O)O. The third-order valence-electron chi connectivity index (χ3n) is 1.10. The summed E-state index contributed by atoms with van der Waals surface area (Å²) in [7, 11) is -4.92. The van der Waals surface area contributed by atoms with Crippen molar-refractivity contribution in [2.45, 2.75) is 6.92 Å². The van der Waals surface area contributed by atoms with Crippen molar-refractivity contribution in [1.29, 1.82) is 0 Å². The maximum atomic E-state index is 9.33. The van der Waals surface area contributed by atoms with Gasteiger partial charge in [0.1, 0.15) is 0 Å². The van der Waals surface area contributed by atoms with Crippen LogP contribution in [-0.4, -0.2) is 18.1 Å². The molecule has 0 atom stereocenters. The fourth-order valence-electron chi connectivity index (χ4n) is 0.611. The summed E-state index contributed by atoms with van der Waals surface area (Å²) in [6, 6.07) is 10.3. The van der Waals surface area contributed by atoms with Crippen molar-refractivity contribution >= 4 is 10.4 Å². The van der Waals surface area contributed by atoms with Gasteiger partial charge in [0, 0.05) is 0 Å². The van der Waals surface area contributed by atoms with E-state index < -0.39 is 15.5 Å². The monoisotopic (exact) mass is 235 g/mol.